The first kappa shape index (κ1) is 15.4. The topological polar surface area (TPSA) is 47.3 Å². The standard InChI is InChI=1S/C13H20ClFN2O/c1-3-5-12(18-4-2)13(17-16)10-7-6-9(14)8-11(10)15/h6-8,12-13,17H,3-5,16H2,1-2H3. The van der Waals surface area contributed by atoms with Gasteiger partial charge in [-0.2, -0.15) is 0 Å². The molecule has 0 aromatic heterocycles. The first-order chi connectivity index (χ1) is 8.63. The molecule has 0 saturated heterocycles. The first-order valence-electron chi connectivity index (χ1n) is 6.16. The molecule has 0 bridgehead atoms. The maximum Gasteiger partial charge on any atom is 0.129 e. The Morgan fingerprint density at radius 3 is 2.67 bits per heavy atom. The molecule has 0 saturated carbocycles. The summed E-state index contributed by atoms with van der Waals surface area (Å²) in [5.41, 5.74) is 3.12. The number of nitrogens with one attached hydrogen (secondary N) is 1. The average Bonchev–Trinajstić information content (AvgIpc) is 2.33. The third kappa shape index (κ3) is 3.92. The Morgan fingerprint density at radius 2 is 2.17 bits per heavy atom. The van der Waals surface area contributed by atoms with Crippen LogP contribution in [0.1, 0.15) is 38.3 Å². The van der Waals surface area contributed by atoms with Crippen molar-refractivity contribution in [3.05, 3.63) is 34.6 Å². The van der Waals surface area contributed by atoms with E-state index in [2.05, 4.69) is 12.3 Å². The second-order valence-electron chi connectivity index (χ2n) is 4.09. The highest BCUT2D eigenvalue weighted by molar-refractivity contribution is 6.30. The van der Waals surface area contributed by atoms with Crippen molar-refractivity contribution < 1.29 is 9.13 Å². The molecule has 1 aromatic carbocycles. The maximum atomic E-state index is 13.9. The lowest BCUT2D eigenvalue weighted by Gasteiger charge is -2.27. The zero-order valence-corrected chi connectivity index (χ0v) is 11.5. The van der Waals surface area contributed by atoms with E-state index in [1.165, 1.54) is 6.07 Å². The summed E-state index contributed by atoms with van der Waals surface area (Å²) in [6.45, 7) is 4.53. The van der Waals surface area contributed by atoms with Gasteiger partial charge in [-0.15, -0.1) is 0 Å². The highest BCUT2D eigenvalue weighted by Gasteiger charge is 2.24. The van der Waals surface area contributed by atoms with E-state index in [-0.39, 0.29) is 18.0 Å². The zero-order chi connectivity index (χ0) is 13.5. The normalized spacial score (nSPS) is 14.5. The van der Waals surface area contributed by atoms with Crippen molar-refractivity contribution in [3.63, 3.8) is 0 Å². The molecule has 0 radical (unpaired) electrons. The number of hydrazine groups is 1. The molecule has 0 aliphatic rings. The lowest BCUT2D eigenvalue weighted by Crippen LogP contribution is -2.38. The van der Waals surface area contributed by atoms with Gasteiger partial charge < -0.3 is 4.74 Å². The molecule has 0 aliphatic carbocycles. The van der Waals surface area contributed by atoms with Gasteiger partial charge in [0.15, 0.2) is 0 Å². The summed E-state index contributed by atoms with van der Waals surface area (Å²) in [5, 5.41) is 0.371. The van der Waals surface area contributed by atoms with Crippen molar-refractivity contribution in [1.82, 2.24) is 5.43 Å². The van der Waals surface area contributed by atoms with E-state index in [9.17, 15) is 4.39 Å². The molecule has 2 unspecified atom stereocenters. The summed E-state index contributed by atoms with van der Waals surface area (Å²) in [7, 11) is 0. The second-order valence-corrected chi connectivity index (χ2v) is 4.53. The van der Waals surface area contributed by atoms with Crippen LogP contribution >= 0.6 is 11.6 Å². The smallest absolute Gasteiger partial charge is 0.129 e. The summed E-state index contributed by atoms with van der Waals surface area (Å²) in [6, 6.07) is 4.21. The second kappa shape index (κ2) is 7.69. The Kier molecular flexibility index (Phi) is 6.57. The number of benzene rings is 1. The fourth-order valence-corrected chi connectivity index (χ4v) is 2.15. The summed E-state index contributed by atoms with van der Waals surface area (Å²) in [4.78, 5) is 0. The Morgan fingerprint density at radius 1 is 1.44 bits per heavy atom. The van der Waals surface area contributed by atoms with Crippen LogP contribution in [-0.4, -0.2) is 12.7 Å². The highest BCUT2D eigenvalue weighted by atomic mass is 35.5. The quantitative estimate of drug-likeness (QED) is 0.593. The third-order valence-electron chi connectivity index (χ3n) is 2.80. The van der Waals surface area contributed by atoms with E-state index in [0.29, 0.717) is 17.2 Å². The Labute approximate surface area is 112 Å². The third-order valence-corrected chi connectivity index (χ3v) is 3.04. The Hall–Kier alpha value is -0.680. The van der Waals surface area contributed by atoms with E-state index in [1.807, 2.05) is 6.92 Å². The molecule has 0 fully saturated rings. The number of hydrogen-bond acceptors (Lipinski definition) is 3. The van der Waals surface area contributed by atoms with Crippen molar-refractivity contribution >= 4 is 11.6 Å². The van der Waals surface area contributed by atoms with Gasteiger partial charge in [-0.25, -0.2) is 4.39 Å². The molecule has 102 valence electrons. The number of rotatable bonds is 7. The van der Waals surface area contributed by atoms with Crippen LogP contribution in [0.25, 0.3) is 0 Å². The van der Waals surface area contributed by atoms with E-state index in [4.69, 9.17) is 22.2 Å². The Balaban J connectivity index is 2.98. The zero-order valence-electron chi connectivity index (χ0n) is 10.7. The molecule has 18 heavy (non-hydrogen) atoms. The molecule has 0 heterocycles. The molecule has 1 aromatic rings. The predicted octanol–water partition coefficient (Wildman–Crippen LogP) is 3.19. The maximum absolute atomic E-state index is 13.9. The number of hydrogen-bond donors (Lipinski definition) is 2. The summed E-state index contributed by atoms with van der Waals surface area (Å²) in [5.74, 6) is 5.17. The van der Waals surface area contributed by atoms with Gasteiger partial charge in [0.1, 0.15) is 5.82 Å². The molecule has 1 rings (SSSR count). The van der Waals surface area contributed by atoms with Crippen molar-refractivity contribution in [2.24, 2.45) is 5.84 Å². The monoisotopic (exact) mass is 274 g/mol. The van der Waals surface area contributed by atoms with Crippen molar-refractivity contribution in [2.45, 2.75) is 38.8 Å². The summed E-state index contributed by atoms with van der Waals surface area (Å²) in [6.07, 6.45) is 1.60. The van der Waals surface area contributed by atoms with E-state index >= 15 is 0 Å². The highest BCUT2D eigenvalue weighted by Crippen LogP contribution is 2.26. The van der Waals surface area contributed by atoms with E-state index < -0.39 is 0 Å². The molecule has 2 atom stereocenters. The van der Waals surface area contributed by atoms with Crippen molar-refractivity contribution in [3.8, 4) is 0 Å². The van der Waals surface area contributed by atoms with Crippen LogP contribution in [0.5, 0.6) is 0 Å². The minimum Gasteiger partial charge on any atom is -0.376 e. The molecule has 0 amide bonds. The SMILES string of the molecule is CCCC(OCC)C(NN)c1ccc(Cl)cc1F. The molecule has 3 N–H and O–H groups in total. The lowest BCUT2D eigenvalue weighted by atomic mass is 9.98. The van der Waals surface area contributed by atoms with Gasteiger partial charge >= 0.3 is 0 Å². The van der Waals surface area contributed by atoms with E-state index in [1.54, 1.807) is 12.1 Å². The van der Waals surface area contributed by atoms with Crippen molar-refractivity contribution in [1.29, 1.82) is 0 Å². The van der Waals surface area contributed by atoms with Crippen LogP contribution in [0.15, 0.2) is 18.2 Å². The Bertz CT molecular complexity index is 370. The van der Waals surface area contributed by atoms with Crippen LogP contribution < -0.4 is 11.3 Å². The lowest BCUT2D eigenvalue weighted by molar-refractivity contribution is 0.0267. The van der Waals surface area contributed by atoms with Crippen LogP contribution in [0, 0.1) is 5.82 Å². The van der Waals surface area contributed by atoms with Gasteiger partial charge in [0.2, 0.25) is 0 Å². The predicted molar refractivity (Wildman–Crippen MR) is 71.8 cm³/mol. The minimum atomic E-state index is -0.373. The van der Waals surface area contributed by atoms with Gasteiger partial charge in [0, 0.05) is 17.2 Å². The number of halogens is 2. The fraction of sp³-hybridized carbons (Fsp3) is 0.538. The summed E-state index contributed by atoms with van der Waals surface area (Å²) < 4.78 is 19.5. The minimum absolute atomic E-state index is 0.152. The first-order valence-corrected chi connectivity index (χ1v) is 6.54. The van der Waals surface area contributed by atoms with E-state index in [0.717, 1.165) is 12.8 Å². The summed E-state index contributed by atoms with van der Waals surface area (Å²) >= 11 is 5.74. The number of nitrogens with two attached hydrogens (primary N) is 1. The van der Waals surface area contributed by atoms with Crippen LogP contribution in [-0.2, 0) is 4.74 Å². The largest absolute Gasteiger partial charge is 0.376 e. The molecule has 3 nitrogen and oxygen atoms in total. The van der Waals surface area contributed by atoms with Gasteiger partial charge in [0.05, 0.1) is 12.1 Å². The van der Waals surface area contributed by atoms with Crippen LogP contribution in [0.3, 0.4) is 0 Å². The van der Waals surface area contributed by atoms with Crippen molar-refractivity contribution in [2.75, 3.05) is 6.61 Å². The number of ether oxygens (including phenoxy) is 1. The fourth-order valence-electron chi connectivity index (χ4n) is 2.00. The molecule has 5 heteroatoms. The van der Waals surface area contributed by atoms with Crippen LogP contribution in [0.2, 0.25) is 5.02 Å². The molecular weight excluding hydrogens is 255 g/mol. The molecule has 0 aliphatic heterocycles. The van der Waals surface area contributed by atoms with Crippen LogP contribution in [0.4, 0.5) is 4.39 Å². The molecule has 0 spiro atoms. The van der Waals surface area contributed by atoms with Gasteiger partial charge in [-0.3, -0.25) is 11.3 Å². The van der Waals surface area contributed by atoms with Gasteiger partial charge in [0.25, 0.3) is 0 Å². The average molecular weight is 275 g/mol. The van der Waals surface area contributed by atoms with Gasteiger partial charge in [-0.05, 0) is 25.5 Å². The van der Waals surface area contributed by atoms with Gasteiger partial charge in [-0.1, -0.05) is 31.0 Å². The molecular formula is C13H20ClFN2O.